The van der Waals surface area contributed by atoms with E-state index in [-0.39, 0.29) is 36.8 Å². The Morgan fingerprint density at radius 3 is 2.88 bits per heavy atom. The Kier molecular flexibility index (Phi) is 9.08. The van der Waals surface area contributed by atoms with Crippen molar-refractivity contribution in [3.8, 4) is 0 Å². The van der Waals surface area contributed by atoms with Gasteiger partial charge < -0.3 is 10.6 Å². The molecule has 0 aliphatic carbocycles. The van der Waals surface area contributed by atoms with Crippen LogP contribution >= 0.6 is 47.9 Å². The molecule has 1 aliphatic heterocycles. The first kappa shape index (κ1) is 21.3. The number of rotatable bonds is 5. The standard InChI is InChI=1S/C16H19N3OS2.2ClH/c1-11-18-13(9-21-11)10-22-15-5-3-2-4-14(15)16(20)19-12-6-7-17-8-12;;/h2-5,9,12,17H,6-8,10H2,1H3,(H,19,20);2*1H. The average molecular weight is 406 g/mol. The Bertz CT molecular complexity index is 660. The first-order valence-corrected chi connectivity index (χ1v) is 9.23. The second-order valence-electron chi connectivity index (χ2n) is 5.31. The summed E-state index contributed by atoms with van der Waals surface area (Å²) in [6.07, 6.45) is 0.999. The number of carbonyl (C=O) groups excluding carboxylic acids is 1. The minimum absolute atomic E-state index is 0. The number of carbonyl (C=O) groups is 1. The molecule has 1 unspecified atom stereocenters. The molecule has 0 radical (unpaired) electrons. The molecule has 0 spiro atoms. The Morgan fingerprint density at radius 2 is 2.21 bits per heavy atom. The van der Waals surface area contributed by atoms with E-state index in [1.165, 1.54) is 0 Å². The van der Waals surface area contributed by atoms with Gasteiger partial charge in [-0.2, -0.15) is 0 Å². The first-order valence-electron chi connectivity index (χ1n) is 7.37. The Balaban J connectivity index is 0.00000144. The molecule has 2 heterocycles. The molecule has 1 aromatic carbocycles. The van der Waals surface area contributed by atoms with Crippen molar-refractivity contribution < 1.29 is 4.79 Å². The van der Waals surface area contributed by atoms with Crippen molar-refractivity contribution in [2.75, 3.05) is 13.1 Å². The summed E-state index contributed by atoms with van der Waals surface area (Å²) in [5.41, 5.74) is 1.83. The van der Waals surface area contributed by atoms with Gasteiger partial charge in [-0.25, -0.2) is 4.98 Å². The van der Waals surface area contributed by atoms with Crippen LogP contribution in [0.4, 0.5) is 0 Å². The number of thioether (sulfide) groups is 1. The zero-order chi connectivity index (χ0) is 15.4. The minimum atomic E-state index is 0. The predicted octanol–water partition coefficient (Wildman–Crippen LogP) is 3.68. The molecule has 8 heteroatoms. The third kappa shape index (κ3) is 5.63. The molecular weight excluding hydrogens is 385 g/mol. The van der Waals surface area contributed by atoms with Crippen molar-refractivity contribution in [1.29, 1.82) is 0 Å². The predicted molar refractivity (Wildman–Crippen MR) is 106 cm³/mol. The zero-order valence-electron chi connectivity index (χ0n) is 13.3. The van der Waals surface area contributed by atoms with Crippen LogP contribution in [-0.2, 0) is 5.75 Å². The van der Waals surface area contributed by atoms with Gasteiger partial charge >= 0.3 is 0 Å². The molecule has 1 amide bonds. The average Bonchev–Trinajstić information content (AvgIpc) is 3.17. The lowest BCUT2D eigenvalue weighted by molar-refractivity contribution is 0.0937. The number of amides is 1. The number of hydrogen-bond acceptors (Lipinski definition) is 5. The van der Waals surface area contributed by atoms with Gasteiger partial charge in [0.05, 0.1) is 16.3 Å². The van der Waals surface area contributed by atoms with Crippen LogP contribution in [0.5, 0.6) is 0 Å². The van der Waals surface area contributed by atoms with E-state index in [2.05, 4.69) is 21.0 Å². The van der Waals surface area contributed by atoms with Crippen molar-refractivity contribution in [2.45, 2.75) is 30.0 Å². The van der Waals surface area contributed by atoms with Crippen LogP contribution in [0.1, 0.15) is 27.5 Å². The summed E-state index contributed by atoms with van der Waals surface area (Å²) in [6.45, 7) is 3.85. The zero-order valence-corrected chi connectivity index (χ0v) is 16.5. The quantitative estimate of drug-likeness (QED) is 0.744. The molecule has 1 aliphatic rings. The van der Waals surface area contributed by atoms with E-state index in [1.54, 1.807) is 23.1 Å². The van der Waals surface area contributed by atoms with Gasteiger partial charge in [-0.3, -0.25) is 4.79 Å². The highest BCUT2D eigenvalue weighted by atomic mass is 35.5. The summed E-state index contributed by atoms with van der Waals surface area (Å²) in [6, 6.07) is 8.03. The lowest BCUT2D eigenvalue weighted by atomic mass is 10.2. The van der Waals surface area contributed by atoms with E-state index < -0.39 is 0 Å². The molecular formula is C16H21Cl2N3OS2. The molecule has 1 aromatic heterocycles. The lowest BCUT2D eigenvalue weighted by Crippen LogP contribution is -2.36. The Hall–Kier alpha value is -0.790. The van der Waals surface area contributed by atoms with Gasteiger partial charge in [-0.05, 0) is 32.0 Å². The number of aromatic nitrogens is 1. The monoisotopic (exact) mass is 405 g/mol. The van der Waals surface area contributed by atoms with Crippen LogP contribution in [0.2, 0.25) is 0 Å². The minimum Gasteiger partial charge on any atom is -0.348 e. The molecule has 1 saturated heterocycles. The fraction of sp³-hybridized carbons (Fsp3) is 0.375. The van der Waals surface area contributed by atoms with Gasteiger partial charge in [0.15, 0.2) is 0 Å². The van der Waals surface area contributed by atoms with Crippen LogP contribution < -0.4 is 10.6 Å². The summed E-state index contributed by atoms with van der Waals surface area (Å²) in [7, 11) is 0. The normalized spacial score (nSPS) is 16.1. The number of nitrogens with one attached hydrogen (secondary N) is 2. The second-order valence-corrected chi connectivity index (χ2v) is 7.39. The van der Waals surface area contributed by atoms with Gasteiger partial charge in [-0.1, -0.05) is 12.1 Å². The number of halogens is 2. The topological polar surface area (TPSA) is 54.0 Å². The van der Waals surface area contributed by atoms with Gasteiger partial charge in [-0.15, -0.1) is 47.9 Å². The van der Waals surface area contributed by atoms with Gasteiger partial charge in [0.25, 0.3) is 5.91 Å². The highest BCUT2D eigenvalue weighted by molar-refractivity contribution is 7.98. The van der Waals surface area contributed by atoms with Gasteiger partial charge in [0, 0.05) is 28.6 Å². The number of benzene rings is 1. The molecule has 2 aromatic rings. The highest BCUT2D eigenvalue weighted by Gasteiger charge is 2.19. The molecule has 132 valence electrons. The SMILES string of the molecule is Cc1nc(CSc2ccccc2C(=O)NC2CCNC2)cs1.Cl.Cl. The van der Waals surface area contributed by atoms with E-state index in [0.717, 1.165) is 46.4 Å². The van der Waals surface area contributed by atoms with E-state index >= 15 is 0 Å². The molecule has 1 fully saturated rings. The number of aryl methyl sites for hydroxylation is 1. The van der Waals surface area contributed by atoms with Crippen molar-refractivity contribution in [1.82, 2.24) is 15.6 Å². The Morgan fingerprint density at radius 1 is 1.42 bits per heavy atom. The summed E-state index contributed by atoms with van der Waals surface area (Å²) in [4.78, 5) is 18.0. The van der Waals surface area contributed by atoms with Gasteiger partial charge in [0.2, 0.25) is 0 Å². The Labute approximate surface area is 163 Å². The summed E-state index contributed by atoms with van der Waals surface area (Å²) in [5, 5.41) is 9.53. The molecule has 4 nitrogen and oxygen atoms in total. The fourth-order valence-electron chi connectivity index (χ4n) is 2.45. The number of hydrogen-bond donors (Lipinski definition) is 2. The summed E-state index contributed by atoms with van der Waals surface area (Å²) < 4.78 is 0. The molecule has 2 N–H and O–H groups in total. The van der Waals surface area contributed by atoms with E-state index in [0.29, 0.717) is 0 Å². The highest BCUT2D eigenvalue weighted by Crippen LogP contribution is 2.27. The lowest BCUT2D eigenvalue weighted by Gasteiger charge is -2.13. The maximum absolute atomic E-state index is 12.5. The van der Waals surface area contributed by atoms with E-state index in [9.17, 15) is 4.79 Å². The molecule has 0 bridgehead atoms. The maximum atomic E-state index is 12.5. The maximum Gasteiger partial charge on any atom is 0.252 e. The van der Waals surface area contributed by atoms with Crippen molar-refractivity contribution in [3.05, 3.63) is 45.9 Å². The van der Waals surface area contributed by atoms with Crippen LogP contribution in [0, 0.1) is 6.92 Å². The number of nitrogens with zero attached hydrogens (tertiary/aromatic N) is 1. The smallest absolute Gasteiger partial charge is 0.252 e. The molecule has 24 heavy (non-hydrogen) atoms. The van der Waals surface area contributed by atoms with E-state index in [1.807, 2.05) is 31.2 Å². The second kappa shape index (κ2) is 10.3. The summed E-state index contributed by atoms with van der Waals surface area (Å²) in [5.74, 6) is 0.811. The van der Waals surface area contributed by atoms with E-state index in [4.69, 9.17) is 0 Å². The largest absolute Gasteiger partial charge is 0.348 e. The third-order valence-electron chi connectivity index (χ3n) is 3.57. The number of thiazole rings is 1. The molecule has 3 rings (SSSR count). The van der Waals surface area contributed by atoms with Crippen LogP contribution in [-0.4, -0.2) is 30.0 Å². The van der Waals surface area contributed by atoms with Crippen LogP contribution in [0.15, 0.2) is 34.5 Å². The van der Waals surface area contributed by atoms with Crippen molar-refractivity contribution in [3.63, 3.8) is 0 Å². The van der Waals surface area contributed by atoms with Gasteiger partial charge in [0.1, 0.15) is 0 Å². The molecule has 0 saturated carbocycles. The van der Waals surface area contributed by atoms with Crippen molar-refractivity contribution >= 4 is 53.8 Å². The van der Waals surface area contributed by atoms with Crippen molar-refractivity contribution in [2.24, 2.45) is 0 Å². The third-order valence-corrected chi connectivity index (χ3v) is 5.50. The molecule has 1 atom stereocenters. The first-order chi connectivity index (χ1) is 10.7. The van der Waals surface area contributed by atoms with Crippen LogP contribution in [0.25, 0.3) is 0 Å². The fourth-order valence-corrected chi connectivity index (χ4v) is 4.11. The summed E-state index contributed by atoms with van der Waals surface area (Å²) >= 11 is 3.33. The van der Waals surface area contributed by atoms with Crippen LogP contribution in [0.3, 0.4) is 0 Å².